The van der Waals surface area contributed by atoms with Crippen molar-refractivity contribution in [1.29, 1.82) is 0 Å². The molecule has 1 aliphatic carbocycles. The van der Waals surface area contributed by atoms with Crippen molar-refractivity contribution >= 4 is 11.9 Å². The van der Waals surface area contributed by atoms with Crippen LogP contribution in [0.1, 0.15) is 19.8 Å². The van der Waals surface area contributed by atoms with Gasteiger partial charge in [0.25, 0.3) is 0 Å². The molecule has 0 aromatic rings. The number of carbonyl (C=O) groups excluding carboxylic acids is 1. The smallest absolute Gasteiger partial charge is 0.326 e. The Morgan fingerprint density at radius 2 is 2.06 bits per heavy atom. The molecule has 1 amide bonds. The SMILES string of the molecule is CC1CNCC1C(=O)NC(C(=O)O)C1CC1. The molecule has 2 rings (SSSR count). The molecule has 3 unspecified atom stereocenters. The van der Waals surface area contributed by atoms with Crippen LogP contribution in [0.5, 0.6) is 0 Å². The second-order valence-electron chi connectivity index (χ2n) is 4.90. The Balaban J connectivity index is 1.92. The van der Waals surface area contributed by atoms with Gasteiger partial charge in [-0.1, -0.05) is 6.92 Å². The predicted octanol–water partition coefficient (Wildman–Crippen LogP) is -0.179. The van der Waals surface area contributed by atoms with E-state index in [9.17, 15) is 9.59 Å². The molecule has 1 saturated carbocycles. The van der Waals surface area contributed by atoms with Crippen LogP contribution < -0.4 is 10.6 Å². The molecule has 3 N–H and O–H groups in total. The fourth-order valence-corrected chi connectivity index (χ4v) is 2.23. The summed E-state index contributed by atoms with van der Waals surface area (Å²) in [6.07, 6.45) is 1.82. The minimum atomic E-state index is -0.908. The zero-order chi connectivity index (χ0) is 11.7. The molecule has 90 valence electrons. The van der Waals surface area contributed by atoms with Crippen LogP contribution in [0, 0.1) is 17.8 Å². The highest BCUT2D eigenvalue weighted by molar-refractivity contribution is 5.85. The summed E-state index contributed by atoms with van der Waals surface area (Å²) in [5, 5.41) is 14.8. The number of hydrogen-bond donors (Lipinski definition) is 3. The summed E-state index contributed by atoms with van der Waals surface area (Å²) < 4.78 is 0. The molecule has 5 nitrogen and oxygen atoms in total. The molecule has 0 bridgehead atoms. The Bertz CT molecular complexity index is 302. The van der Waals surface area contributed by atoms with Crippen molar-refractivity contribution in [3.63, 3.8) is 0 Å². The first kappa shape index (κ1) is 11.4. The molecule has 2 aliphatic rings. The lowest BCUT2D eigenvalue weighted by atomic mass is 9.96. The number of hydrogen-bond acceptors (Lipinski definition) is 3. The molecule has 0 radical (unpaired) electrons. The average Bonchev–Trinajstić information content (AvgIpc) is 2.96. The third kappa shape index (κ3) is 2.35. The molecule has 5 heteroatoms. The maximum atomic E-state index is 11.9. The van der Waals surface area contributed by atoms with E-state index in [1.807, 2.05) is 6.92 Å². The lowest BCUT2D eigenvalue weighted by Crippen LogP contribution is -2.46. The molecule has 16 heavy (non-hydrogen) atoms. The van der Waals surface area contributed by atoms with E-state index in [1.165, 1.54) is 0 Å². The largest absolute Gasteiger partial charge is 0.480 e. The maximum Gasteiger partial charge on any atom is 0.326 e. The fourth-order valence-electron chi connectivity index (χ4n) is 2.23. The number of carboxylic acid groups (broad SMARTS) is 1. The van der Waals surface area contributed by atoms with Crippen LogP contribution in [0.3, 0.4) is 0 Å². The molecule has 0 aromatic carbocycles. The average molecular weight is 226 g/mol. The van der Waals surface area contributed by atoms with E-state index < -0.39 is 12.0 Å². The number of carbonyl (C=O) groups is 2. The van der Waals surface area contributed by atoms with E-state index in [2.05, 4.69) is 10.6 Å². The molecule has 0 spiro atoms. The van der Waals surface area contributed by atoms with Crippen LogP contribution >= 0.6 is 0 Å². The van der Waals surface area contributed by atoms with E-state index in [4.69, 9.17) is 5.11 Å². The lowest BCUT2D eigenvalue weighted by molar-refractivity contribution is -0.143. The van der Waals surface area contributed by atoms with Crippen molar-refractivity contribution in [1.82, 2.24) is 10.6 Å². The molecule has 3 atom stereocenters. The summed E-state index contributed by atoms with van der Waals surface area (Å²) in [4.78, 5) is 22.9. The van der Waals surface area contributed by atoms with E-state index in [1.54, 1.807) is 0 Å². The third-order valence-corrected chi connectivity index (χ3v) is 3.51. The molecule has 1 saturated heterocycles. The highest BCUT2D eigenvalue weighted by atomic mass is 16.4. The topological polar surface area (TPSA) is 78.4 Å². The number of nitrogens with one attached hydrogen (secondary N) is 2. The molecule has 2 fully saturated rings. The Morgan fingerprint density at radius 3 is 2.50 bits per heavy atom. The number of carboxylic acids is 1. The zero-order valence-electron chi connectivity index (χ0n) is 9.40. The summed E-state index contributed by atoms with van der Waals surface area (Å²) in [5.41, 5.74) is 0. The van der Waals surface area contributed by atoms with E-state index in [-0.39, 0.29) is 23.7 Å². The van der Waals surface area contributed by atoms with Crippen LogP contribution in [-0.2, 0) is 9.59 Å². The van der Waals surface area contributed by atoms with Crippen molar-refractivity contribution in [2.45, 2.75) is 25.8 Å². The Hall–Kier alpha value is -1.10. The van der Waals surface area contributed by atoms with Crippen LogP contribution in [0.4, 0.5) is 0 Å². The maximum absolute atomic E-state index is 11.9. The van der Waals surface area contributed by atoms with Crippen molar-refractivity contribution < 1.29 is 14.7 Å². The van der Waals surface area contributed by atoms with Gasteiger partial charge in [0.15, 0.2) is 0 Å². The van der Waals surface area contributed by atoms with E-state index in [0.717, 1.165) is 19.4 Å². The van der Waals surface area contributed by atoms with Gasteiger partial charge in [-0.3, -0.25) is 4.79 Å². The second-order valence-corrected chi connectivity index (χ2v) is 4.90. The van der Waals surface area contributed by atoms with Crippen LogP contribution in [0.15, 0.2) is 0 Å². The van der Waals surface area contributed by atoms with Gasteiger partial charge in [0.05, 0.1) is 5.92 Å². The minimum Gasteiger partial charge on any atom is -0.480 e. The third-order valence-electron chi connectivity index (χ3n) is 3.51. The summed E-state index contributed by atoms with van der Waals surface area (Å²) in [6.45, 7) is 3.50. The summed E-state index contributed by atoms with van der Waals surface area (Å²) >= 11 is 0. The first-order valence-electron chi connectivity index (χ1n) is 5.83. The predicted molar refractivity (Wildman–Crippen MR) is 57.8 cm³/mol. The summed E-state index contributed by atoms with van der Waals surface area (Å²) in [5.74, 6) is -0.674. The molecule has 1 aliphatic heterocycles. The molecular weight excluding hydrogens is 208 g/mol. The van der Waals surface area contributed by atoms with Crippen LogP contribution in [0.25, 0.3) is 0 Å². The number of aliphatic carboxylic acids is 1. The van der Waals surface area contributed by atoms with Crippen LogP contribution in [0.2, 0.25) is 0 Å². The Morgan fingerprint density at radius 1 is 1.38 bits per heavy atom. The monoisotopic (exact) mass is 226 g/mol. The number of amides is 1. The highest BCUT2D eigenvalue weighted by Crippen LogP contribution is 2.33. The van der Waals surface area contributed by atoms with E-state index >= 15 is 0 Å². The van der Waals surface area contributed by atoms with Gasteiger partial charge in [-0.25, -0.2) is 4.79 Å². The first-order chi connectivity index (χ1) is 7.59. The Kier molecular flexibility index (Phi) is 3.14. The second kappa shape index (κ2) is 4.41. The van der Waals surface area contributed by atoms with Crippen molar-refractivity contribution in [2.24, 2.45) is 17.8 Å². The van der Waals surface area contributed by atoms with Crippen molar-refractivity contribution in [2.75, 3.05) is 13.1 Å². The highest BCUT2D eigenvalue weighted by Gasteiger charge is 2.39. The number of rotatable bonds is 4. The minimum absolute atomic E-state index is 0.0828. The van der Waals surface area contributed by atoms with Gasteiger partial charge in [0, 0.05) is 6.54 Å². The molecular formula is C11H18N2O3. The zero-order valence-corrected chi connectivity index (χ0v) is 9.40. The van der Waals surface area contributed by atoms with Crippen molar-refractivity contribution in [3.05, 3.63) is 0 Å². The van der Waals surface area contributed by atoms with Gasteiger partial charge in [0.2, 0.25) is 5.91 Å². The normalized spacial score (nSPS) is 31.1. The van der Waals surface area contributed by atoms with Gasteiger partial charge in [-0.15, -0.1) is 0 Å². The molecule has 0 aromatic heterocycles. The summed E-state index contributed by atoms with van der Waals surface area (Å²) in [6, 6.07) is -0.680. The van der Waals surface area contributed by atoms with Gasteiger partial charge in [-0.05, 0) is 31.2 Å². The van der Waals surface area contributed by atoms with Gasteiger partial charge < -0.3 is 15.7 Å². The van der Waals surface area contributed by atoms with Gasteiger partial charge >= 0.3 is 5.97 Å². The summed E-state index contributed by atoms with van der Waals surface area (Å²) in [7, 11) is 0. The van der Waals surface area contributed by atoms with Gasteiger partial charge in [-0.2, -0.15) is 0 Å². The lowest BCUT2D eigenvalue weighted by Gasteiger charge is -2.18. The standard InChI is InChI=1S/C11H18N2O3/c1-6-4-12-5-8(6)10(14)13-9(11(15)16)7-2-3-7/h6-9,12H,2-5H2,1H3,(H,13,14)(H,15,16). The fraction of sp³-hybridized carbons (Fsp3) is 0.818. The van der Waals surface area contributed by atoms with Crippen molar-refractivity contribution in [3.8, 4) is 0 Å². The van der Waals surface area contributed by atoms with E-state index in [0.29, 0.717) is 6.54 Å². The van der Waals surface area contributed by atoms with Crippen LogP contribution in [-0.4, -0.2) is 36.1 Å². The molecule has 1 heterocycles. The quantitative estimate of drug-likeness (QED) is 0.621. The van der Waals surface area contributed by atoms with Gasteiger partial charge in [0.1, 0.15) is 6.04 Å². The first-order valence-corrected chi connectivity index (χ1v) is 5.83. The Labute approximate surface area is 94.6 Å².